The van der Waals surface area contributed by atoms with Gasteiger partial charge in [0.25, 0.3) is 0 Å². The van der Waals surface area contributed by atoms with Gasteiger partial charge in [0.05, 0.1) is 6.10 Å². The molecular formula is C9H15IO. The van der Waals surface area contributed by atoms with Crippen LogP contribution in [0.2, 0.25) is 0 Å². The van der Waals surface area contributed by atoms with Crippen LogP contribution in [0.4, 0.5) is 0 Å². The lowest BCUT2D eigenvalue weighted by Crippen LogP contribution is -2.12. The van der Waals surface area contributed by atoms with Crippen LogP contribution in [-0.4, -0.2) is 14.6 Å². The predicted octanol–water partition coefficient (Wildman–Crippen LogP) is 2.36. The zero-order chi connectivity index (χ0) is 8.06. The van der Waals surface area contributed by atoms with Crippen molar-refractivity contribution in [2.24, 2.45) is 11.8 Å². The molecule has 2 fully saturated rings. The molecule has 0 radical (unpaired) electrons. The van der Waals surface area contributed by atoms with E-state index in [0.717, 1.165) is 24.7 Å². The van der Waals surface area contributed by atoms with Crippen LogP contribution in [0.1, 0.15) is 32.6 Å². The molecule has 0 saturated heterocycles. The van der Waals surface area contributed by atoms with Gasteiger partial charge in [-0.1, -0.05) is 29.5 Å². The fourth-order valence-electron chi connectivity index (χ4n) is 2.86. The van der Waals surface area contributed by atoms with Gasteiger partial charge >= 0.3 is 0 Å². The smallest absolute Gasteiger partial charge is 0.0545 e. The summed E-state index contributed by atoms with van der Waals surface area (Å²) in [7, 11) is 0. The minimum absolute atomic E-state index is 0.0255. The molecule has 2 aliphatic rings. The van der Waals surface area contributed by atoms with Crippen molar-refractivity contribution in [2.45, 2.75) is 42.1 Å². The van der Waals surface area contributed by atoms with E-state index in [9.17, 15) is 5.11 Å². The second kappa shape index (κ2) is 2.59. The Balaban J connectivity index is 2.04. The molecular weight excluding hydrogens is 251 g/mol. The first-order valence-corrected chi connectivity index (χ1v) is 5.52. The maximum absolute atomic E-state index is 9.40. The average molecular weight is 266 g/mol. The van der Waals surface area contributed by atoms with E-state index >= 15 is 0 Å². The van der Waals surface area contributed by atoms with Gasteiger partial charge in [-0.15, -0.1) is 0 Å². The lowest BCUT2D eigenvalue weighted by Gasteiger charge is -2.16. The van der Waals surface area contributed by atoms with Crippen molar-refractivity contribution in [2.75, 3.05) is 0 Å². The molecule has 0 aromatic carbocycles. The minimum Gasteiger partial charge on any atom is -0.393 e. The van der Waals surface area contributed by atoms with Crippen LogP contribution in [-0.2, 0) is 0 Å². The zero-order valence-corrected chi connectivity index (χ0v) is 9.04. The zero-order valence-electron chi connectivity index (χ0n) is 6.89. The first kappa shape index (κ1) is 8.30. The summed E-state index contributed by atoms with van der Waals surface area (Å²) >= 11 is 2.58. The van der Waals surface area contributed by atoms with E-state index in [1.54, 1.807) is 0 Å². The Morgan fingerprint density at radius 3 is 2.18 bits per heavy atom. The summed E-state index contributed by atoms with van der Waals surface area (Å²) in [6.07, 6.45) is 4.83. The van der Waals surface area contributed by atoms with Crippen molar-refractivity contribution < 1.29 is 5.11 Å². The van der Waals surface area contributed by atoms with Crippen molar-refractivity contribution in [1.82, 2.24) is 0 Å². The second-order valence-electron chi connectivity index (χ2n) is 4.47. The number of aliphatic hydroxyl groups is 1. The molecule has 0 heterocycles. The molecule has 2 saturated carbocycles. The average Bonchev–Trinajstić information content (AvgIpc) is 2.17. The van der Waals surface area contributed by atoms with E-state index in [1.807, 2.05) is 0 Å². The summed E-state index contributed by atoms with van der Waals surface area (Å²) in [4.78, 5) is 0. The van der Waals surface area contributed by atoms with Gasteiger partial charge in [-0.05, 0) is 37.5 Å². The molecule has 0 spiro atoms. The van der Waals surface area contributed by atoms with Crippen molar-refractivity contribution in [3.8, 4) is 0 Å². The van der Waals surface area contributed by atoms with E-state index in [4.69, 9.17) is 0 Å². The summed E-state index contributed by atoms with van der Waals surface area (Å²) in [5, 5.41) is 9.40. The Morgan fingerprint density at radius 1 is 1.27 bits per heavy atom. The Hall–Kier alpha value is 0.690. The number of aliphatic hydroxyl groups excluding tert-OH is 1. The first-order chi connectivity index (χ1) is 5.07. The standard InChI is InChI=1S/C9H15IO/c1-9(10)4-6-2-8(11)3-7(6)5-9/h6-8,11H,2-5H2,1H3. The number of alkyl halides is 1. The maximum atomic E-state index is 9.40. The van der Waals surface area contributed by atoms with Gasteiger partial charge in [0.2, 0.25) is 0 Å². The molecule has 0 aromatic heterocycles. The van der Waals surface area contributed by atoms with Crippen molar-refractivity contribution in [1.29, 1.82) is 0 Å². The molecule has 2 rings (SSSR count). The number of hydrogen-bond donors (Lipinski definition) is 1. The van der Waals surface area contributed by atoms with Crippen LogP contribution in [0.3, 0.4) is 0 Å². The first-order valence-electron chi connectivity index (χ1n) is 4.44. The summed E-state index contributed by atoms with van der Waals surface area (Å²) in [5.41, 5.74) is 0. The van der Waals surface area contributed by atoms with Gasteiger partial charge in [0, 0.05) is 3.42 Å². The van der Waals surface area contributed by atoms with Gasteiger partial charge in [-0.2, -0.15) is 0 Å². The van der Waals surface area contributed by atoms with E-state index < -0.39 is 0 Å². The Bertz CT molecular complexity index is 151. The third kappa shape index (κ3) is 1.57. The molecule has 2 unspecified atom stereocenters. The topological polar surface area (TPSA) is 20.2 Å². The molecule has 11 heavy (non-hydrogen) atoms. The number of fused-ring (bicyclic) bond motifs is 1. The highest BCUT2D eigenvalue weighted by molar-refractivity contribution is 14.1. The van der Waals surface area contributed by atoms with Crippen LogP contribution in [0.5, 0.6) is 0 Å². The van der Waals surface area contributed by atoms with Gasteiger partial charge in [-0.25, -0.2) is 0 Å². The molecule has 2 heteroatoms. The lowest BCUT2D eigenvalue weighted by atomic mass is 10.0. The van der Waals surface area contributed by atoms with Gasteiger partial charge in [-0.3, -0.25) is 0 Å². The number of hydrogen-bond acceptors (Lipinski definition) is 1. The Morgan fingerprint density at radius 2 is 1.73 bits per heavy atom. The fraction of sp³-hybridized carbons (Fsp3) is 1.00. The molecule has 0 aliphatic heterocycles. The Kier molecular flexibility index (Phi) is 1.95. The number of halogens is 1. The van der Waals surface area contributed by atoms with E-state index in [0.29, 0.717) is 3.42 Å². The van der Waals surface area contributed by atoms with Crippen LogP contribution in [0.15, 0.2) is 0 Å². The fourth-order valence-corrected chi connectivity index (χ4v) is 3.99. The van der Waals surface area contributed by atoms with E-state index in [-0.39, 0.29) is 6.10 Å². The molecule has 2 aliphatic carbocycles. The predicted molar refractivity (Wildman–Crippen MR) is 53.9 cm³/mol. The number of rotatable bonds is 0. The van der Waals surface area contributed by atoms with Crippen LogP contribution in [0.25, 0.3) is 0 Å². The summed E-state index contributed by atoms with van der Waals surface area (Å²) in [6, 6.07) is 0. The van der Waals surface area contributed by atoms with Crippen molar-refractivity contribution >= 4 is 22.6 Å². The monoisotopic (exact) mass is 266 g/mol. The summed E-state index contributed by atoms with van der Waals surface area (Å²) in [6.45, 7) is 2.35. The SMILES string of the molecule is CC1(I)CC2CC(O)CC2C1. The summed E-state index contributed by atoms with van der Waals surface area (Å²) in [5.74, 6) is 1.68. The van der Waals surface area contributed by atoms with Crippen LogP contribution >= 0.6 is 22.6 Å². The molecule has 0 bridgehead atoms. The van der Waals surface area contributed by atoms with Crippen molar-refractivity contribution in [3.63, 3.8) is 0 Å². The lowest BCUT2D eigenvalue weighted by molar-refractivity contribution is 0.171. The quantitative estimate of drug-likeness (QED) is 0.527. The Labute approximate surface area is 81.7 Å². The summed E-state index contributed by atoms with van der Waals surface area (Å²) < 4.78 is 0.535. The molecule has 0 aromatic rings. The van der Waals surface area contributed by atoms with Gasteiger partial charge in [0.15, 0.2) is 0 Å². The highest BCUT2D eigenvalue weighted by Crippen LogP contribution is 2.52. The maximum Gasteiger partial charge on any atom is 0.0545 e. The molecule has 0 amide bonds. The molecule has 64 valence electrons. The molecule has 1 nitrogen and oxygen atoms in total. The van der Waals surface area contributed by atoms with Crippen molar-refractivity contribution in [3.05, 3.63) is 0 Å². The minimum atomic E-state index is 0.0255. The van der Waals surface area contributed by atoms with E-state index in [2.05, 4.69) is 29.5 Å². The highest BCUT2D eigenvalue weighted by atomic mass is 127. The third-order valence-corrected chi connectivity index (χ3v) is 4.07. The van der Waals surface area contributed by atoms with Crippen LogP contribution < -0.4 is 0 Å². The van der Waals surface area contributed by atoms with Crippen LogP contribution in [0, 0.1) is 11.8 Å². The van der Waals surface area contributed by atoms with Gasteiger partial charge < -0.3 is 5.11 Å². The van der Waals surface area contributed by atoms with Gasteiger partial charge in [0.1, 0.15) is 0 Å². The normalized spacial score (nSPS) is 56.5. The third-order valence-electron chi connectivity index (χ3n) is 3.19. The second-order valence-corrected chi connectivity index (χ2v) is 7.07. The largest absolute Gasteiger partial charge is 0.393 e. The highest BCUT2D eigenvalue weighted by Gasteiger charge is 2.45. The van der Waals surface area contributed by atoms with E-state index in [1.165, 1.54) is 12.8 Å². The molecule has 1 N–H and O–H groups in total. The molecule has 2 atom stereocenters.